The Hall–Kier alpha value is -2.52. The molecule has 1 aromatic carbocycles. The van der Waals surface area contributed by atoms with Crippen molar-refractivity contribution in [1.29, 1.82) is 0 Å². The maximum Gasteiger partial charge on any atom is 0.312 e. The highest BCUT2D eigenvalue weighted by molar-refractivity contribution is 7.89. The topological polar surface area (TPSA) is 128 Å². The van der Waals surface area contributed by atoms with Gasteiger partial charge in [0, 0.05) is 18.8 Å². The lowest BCUT2D eigenvalue weighted by molar-refractivity contribution is -0.384. The van der Waals surface area contributed by atoms with Crippen molar-refractivity contribution in [2.75, 3.05) is 5.73 Å². The van der Waals surface area contributed by atoms with E-state index in [9.17, 15) is 18.5 Å². The Bertz CT molecular complexity index is 762. The molecule has 0 aliphatic carbocycles. The van der Waals surface area contributed by atoms with Gasteiger partial charge in [-0.05, 0) is 5.56 Å². The Labute approximate surface area is 120 Å². The molecule has 0 radical (unpaired) electrons. The smallest absolute Gasteiger partial charge is 0.312 e. The third kappa shape index (κ3) is 3.52. The lowest BCUT2D eigenvalue weighted by atomic mass is 10.2. The summed E-state index contributed by atoms with van der Waals surface area (Å²) in [6.45, 7) is 0.0708. The maximum atomic E-state index is 12.1. The van der Waals surface area contributed by atoms with E-state index in [0.717, 1.165) is 17.8 Å². The highest BCUT2D eigenvalue weighted by Gasteiger charge is 2.21. The van der Waals surface area contributed by atoms with E-state index < -0.39 is 20.6 Å². The van der Waals surface area contributed by atoms with Gasteiger partial charge in [-0.25, -0.2) is 18.1 Å². The molecule has 0 spiro atoms. The van der Waals surface area contributed by atoms with Gasteiger partial charge in [0.2, 0.25) is 15.8 Å². The van der Waals surface area contributed by atoms with Crippen LogP contribution in [0.5, 0.6) is 0 Å². The second-order valence-electron chi connectivity index (χ2n) is 4.14. The van der Waals surface area contributed by atoms with Gasteiger partial charge in [-0.2, -0.15) is 0 Å². The number of pyridine rings is 1. The van der Waals surface area contributed by atoms with Crippen LogP contribution in [-0.2, 0) is 16.6 Å². The van der Waals surface area contributed by atoms with E-state index in [1.54, 1.807) is 24.3 Å². The maximum absolute atomic E-state index is 12.1. The average Bonchev–Trinajstić information content (AvgIpc) is 2.46. The monoisotopic (exact) mass is 308 g/mol. The molecule has 1 heterocycles. The number of nitro groups is 1. The second-order valence-corrected chi connectivity index (χ2v) is 5.91. The fraction of sp³-hybridized carbons (Fsp3) is 0.0833. The largest absolute Gasteiger partial charge is 0.378 e. The first kappa shape index (κ1) is 14.9. The number of nitrogen functional groups attached to an aromatic ring is 1. The van der Waals surface area contributed by atoms with Gasteiger partial charge >= 0.3 is 5.69 Å². The van der Waals surface area contributed by atoms with E-state index in [4.69, 9.17) is 5.73 Å². The van der Waals surface area contributed by atoms with E-state index in [-0.39, 0.29) is 17.3 Å². The van der Waals surface area contributed by atoms with Crippen molar-refractivity contribution < 1.29 is 13.3 Å². The van der Waals surface area contributed by atoms with Crippen molar-refractivity contribution in [3.63, 3.8) is 0 Å². The van der Waals surface area contributed by atoms with E-state index in [2.05, 4.69) is 9.71 Å². The van der Waals surface area contributed by atoms with Crippen LogP contribution in [0.2, 0.25) is 0 Å². The number of hydrogen-bond acceptors (Lipinski definition) is 6. The number of nitrogens with two attached hydrogens (primary N) is 1. The summed E-state index contributed by atoms with van der Waals surface area (Å²) in [6, 6.07) is 9.76. The molecule has 0 atom stereocenters. The molecule has 8 nitrogen and oxygen atoms in total. The highest BCUT2D eigenvalue weighted by Crippen LogP contribution is 2.22. The number of sulfonamides is 1. The Balaban J connectivity index is 2.24. The fourth-order valence-corrected chi connectivity index (χ4v) is 2.58. The molecule has 9 heteroatoms. The third-order valence-electron chi connectivity index (χ3n) is 2.69. The molecule has 0 aliphatic rings. The van der Waals surface area contributed by atoms with E-state index in [0.29, 0.717) is 0 Å². The zero-order valence-corrected chi connectivity index (χ0v) is 11.6. The first-order valence-corrected chi connectivity index (χ1v) is 7.32. The quantitative estimate of drug-likeness (QED) is 0.627. The van der Waals surface area contributed by atoms with Gasteiger partial charge < -0.3 is 5.73 Å². The molecule has 21 heavy (non-hydrogen) atoms. The van der Waals surface area contributed by atoms with Gasteiger partial charge in [0.1, 0.15) is 4.90 Å². The summed E-state index contributed by atoms with van der Waals surface area (Å²) in [5, 5.41) is 10.8. The van der Waals surface area contributed by atoms with Gasteiger partial charge in [-0.1, -0.05) is 30.3 Å². The van der Waals surface area contributed by atoms with Gasteiger partial charge in [-0.15, -0.1) is 0 Å². The number of aromatic nitrogens is 1. The Morgan fingerprint density at radius 1 is 1.29 bits per heavy atom. The van der Waals surface area contributed by atoms with E-state index in [1.807, 2.05) is 6.07 Å². The lowest BCUT2D eigenvalue weighted by Gasteiger charge is -2.07. The number of nitrogens with one attached hydrogen (secondary N) is 1. The van der Waals surface area contributed by atoms with Crippen LogP contribution in [0.4, 0.5) is 11.5 Å². The molecule has 1 aromatic heterocycles. The summed E-state index contributed by atoms with van der Waals surface area (Å²) in [5.74, 6) is -0.331. The summed E-state index contributed by atoms with van der Waals surface area (Å²) < 4.78 is 26.5. The van der Waals surface area contributed by atoms with Crippen molar-refractivity contribution in [3.8, 4) is 0 Å². The molecule has 0 aliphatic heterocycles. The molecule has 2 rings (SSSR count). The molecular weight excluding hydrogens is 296 g/mol. The van der Waals surface area contributed by atoms with E-state index in [1.165, 1.54) is 0 Å². The normalized spacial score (nSPS) is 11.2. The van der Waals surface area contributed by atoms with Gasteiger partial charge in [0.15, 0.2) is 0 Å². The van der Waals surface area contributed by atoms with Crippen LogP contribution in [0.25, 0.3) is 0 Å². The molecule has 0 saturated heterocycles. The van der Waals surface area contributed by atoms with Crippen molar-refractivity contribution in [3.05, 3.63) is 58.3 Å². The number of nitrogens with zero attached hydrogens (tertiary/aromatic N) is 2. The number of anilines is 1. The lowest BCUT2D eigenvalue weighted by Crippen LogP contribution is -2.23. The summed E-state index contributed by atoms with van der Waals surface area (Å²) in [5.41, 5.74) is 5.55. The predicted molar refractivity (Wildman–Crippen MR) is 75.8 cm³/mol. The number of hydrogen-bond donors (Lipinski definition) is 2. The van der Waals surface area contributed by atoms with Crippen LogP contribution in [0.1, 0.15) is 5.56 Å². The molecule has 110 valence electrons. The van der Waals surface area contributed by atoms with Crippen LogP contribution in [0, 0.1) is 10.1 Å². The second kappa shape index (κ2) is 5.85. The molecule has 3 N–H and O–H groups in total. The molecule has 2 aromatic rings. The first-order valence-electron chi connectivity index (χ1n) is 5.83. The Kier molecular flexibility index (Phi) is 4.15. The fourth-order valence-electron chi connectivity index (χ4n) is 1.60. The molecule has 0 fully saturated rings. The molecule has 0 amide bonds. The molecule has 0 bridgehead atoms. The average molecular weight is 308 g/mol. The van der Waals surface area contributed by atoms with Crippen LogP contribution < -0.4 is 10.5 Å². The minimum Gasteiger partial charge on any atom is -0.378 e. The zero-order valence-electron chi connectivity index (χ0n) is 10.8. The SMILES string of the molecule is Nc1ncc(S(=O)(=O)NCc2ccccc2)cc1[N+](=O)[O-]. The van der Waals surface area contributed by atoms with Crippen molar-refractivity contribution >= 4 is 21.5 Å². The van der Waals surface area contributed by atoms with Gasteiger partial charge in [0.05, 0.1) is 4.92 Å². The minimum atomic E-state index is -3.90. The minimum absolute atomic E-state index is 0.0708. The Morgan fingerprint density at radius 2 is 1.95 bits per heavy atom. The number of benzene rings is 1. The molecular formula is C12H12N4O4S. The van der Waals surface area contributed by atoms with Gasteiger partial charge in [-0.3, -0.25) is 10.1 Å². The molecule has 0 unspecified atom stereocenters. The number of rotatable bonds is 5. The van der Waals surface area contributed by atoms with Crippen molar-refractivity contribution in [2.24, 2.45) is 0 Å². The summed E-state index contributed by atoms with van der Waals surface area (Å²) >= 11 is 0. The zero-order chi connectivity index (χ0) is 15.5. The van der Waals surface area contributed by atoms with Crippen LogP contribution in [0.15, 0.2) is 47.5 Å². The first-order chi connectivity index (χ1) is 9.90. The van der Waals surface area contributed by atoms with Crippen molar-refractivity contribution in [2.45, 2.75) is 11.4 Å². The summed E-state index contributed by atoms with van der Waals surface area (Å²) in [7, 11) is -3.90. The summed E-state index contributed by atoms with van der Waals surface area (Å²) in [4.78, 5) is 13.2. The van der Waals surface area contributed by atoms with E-state index >= 15 is 0 Å². The predicted octanol–water partition coefficient (Wildman–Crippen LogP) is 1.05. The third-order valence-corrected chi connectivity index (χ3v) is 4.06. The van der Waals surface area contributed by atoms with Crippen LogP contribution >= 0.6 is 0 Å². The standard InChI is InChI=1S/C12H12N4O4S/c13-12-11(16(17)18)6-10(8-14-12)21(19,20)15-7-9-4-2-1-3-5-9/h1-6,8,15H,7H2,(H2,13,14). The van der Waals surface area contributed by atoms with Crippen LogP contribution in [0.3, 0.4) is 0 Å². The van der Waals surface area contributed by atoms with Gasteiger partial charge in [0.25, 0.3) is 0 Å². The summed E-state index contributed by atoms with van der Waals surface area (Å²) in [6.07, 6.45) is 0.982. The Morgan fingerprint density at radius 3 is 2.57 bits per heavy atom. The van der Waals surface area contributed by atoms with Crippen molar-refractivity contribution in [1.82, 2.24) is 9.71 Å². The molecule has 0 saturated carbocycles. The van der Waals surface area contributed by atoms with Crippen LogP contribution in [-0.4, -0.2) is 18.3 Å². The highest BCUT2D eigenvalue weighted by atomic mass is 32.2.